The SMILES string of the molecule is C[N+](C)([O-])C/C=C/C(=O)Nc1cc2c(Nc3ccc(F)c(Cl)c3)ncnc2cc1O[C@H]1CCOC1.O=C(O)/C=C\C(=O)O.O=C(O)/C=C\C(=O)O. The lowest BCUT2D eigenvalue weighted by Crippen LogP contribution is -2.32. The highest BCUT2D eigenvalue weighted by molar-refractivity contribution is 6.31. The van der Waals surface area contributed by atoms with Gasteiger partial charge in [-0.05, 0) is 30.3 Å². The summed E-state index contributed by atoms with van der Waals surface area (Å²) >= 11 is 5.90. The Kier molecular flexibility index (Phi) is 16.1. The summed E-state index contributed by atoms with van der Waals surface area (Å²) in [6, 6.07) is 7.66. The van der Waals surface area contributed by atoms with Crippen LogP contribution in [0.15, 0.2) is 73.1 Å². The number of fused-ring (bicyclic) bond motifs is 1. The van der Waals surface area contributed by atoms with Crippen LogP contribution in [0.25, 0.3) is 10.9 Å². The quantitative estimate of drug-likeness (QED) is 0.0878. The summed E-state index contributed by atoms with van der Waals surface area (Å²) in [5.41, 5.74) is 1.51. The van der Waals surface area contributed by atoms with Gasteiger partial charge in [-0.3, -0.25) is 4.79 Å². The first-order valence-corrected chi connectivity index (χ1v) is 14.9. The fourth-order valence-corrected chi connectivity index (χ4v) is 3.93. The van der Waals surface area contributed by atoms with E-state index >= 15 is 0 Å². The van der Waals surface area contributed by atoms with Gasteiger partial charge in [0.2, 0.25) is 5.91 Å². The first kappa shape index (κ1) is 41.2. The number of hydrogen-bond acceptors (Lipinski definition) is 11. The highest BCUT2D eigenvalue weighted by Gasteiger charge is 2.21. The molecule has 0 radical (unpaired) electrons. The lowest BCUT2D eigenvalue weighted by Gasteiger charge is -2.32. The Morgan fingerprint density at radius 3 is 2.10 bits per heavy atom. The van der Waals surface area contributed by atoms with Gasteiger partial charge in [0.25, 0.3) is 0 Å². The largest absolute Gasteiger partial charge is 0.633 e. The number of aliphatic carboxylic acids is 4. The van der Waals surface area contributed by atoms with E-state index < -0.39 is 40.2 Å². The minimum absolute atomic E-state index is 0.0255. The van der Waals surface area contributed by atoms with Crippen molar-refractivity contribution in [3.63, 3.8) is 0 Å². The zero-order chi connectivity index (χ0) is 38.1. The summed E-state index contributed by atoms with van der Waals surface area (Å²) in [7, 11) is 2.98. The Bertz CT molecular complexity index is 1760. The van der Waals surface area contributed by atoms with Gasteiger partial charge in [-0.2, -0.15) is 0 Å². The summed E-state index contributed by atoms with van der Waals surface area (Å²) in [4.78, 5) is 59.4. The van der Waals surface area contributed by atoms with Crippen molar-refractivity contribution in [3.05, 3.63) is 89.2 Å². The van der Waals surface area contributed by atoms with Crippen molar-refractivity contribution < 1.29 is 62.9 Å². The maximum absolute atomic E-state index is 13.6. The predicted molar refractivity (Wildman–Crippen MR) is 181 cm³/mol. The number of quaternary nitrogens is 1. The van der Waals surface area contributed by atoms with Crippen molar-refractivity contribution in [1.29, 1.82) is 0 Å². The first-order valence-electron chi connectivity index (χ1n) is 14.5. The monoisotopic (exact) mass is 733 g/mol. The average molecular weight is 734 g/mol. The van der Waals surface area contributed by atoms with E-state index in [9.17, 15) is 33.6 Å². The molecule has 0 bridgehead atoms. The van der Waals surface area contributed by atoms with Gasteiger partial charge in [0.15, 0.2) is 0 Å². The van der Waals surface area contributed by atoms with Crippen LogP contribution in [0.5, 0.6) is 5.75 Å². The van der Waals surface area contributed by atoms with Gasteiger partial charge in [-0.15, -0.1) is 0 Å². The molecule has 2 aromatic carbocycles. The van der Waals surface area contributed by atoms with E-state index in [0.717, 1.165) is 6.42 Å². The maximum atomic E-state index is 13.6. The summed E-state index contributed by atoms with van der Waals surface area (Å²) in [5.74, 6) is -5.10. The first-order chi connectivity index (χ1) is 23.9. The number of ether oxygens (including phenoxy) is 2. The minimum atomic E-state index is -1.26. The van der Waals surface area contributed by atoms with Crippen LogP contribution in [0.4, 0.5) is 21.6 Å². The molecule has 4 rings (SSSR count). The van der Waals surface area contributed by atoms with Crippen molar-refractivity contribution in [2.24, 2.45) is 0 Å². The molecular formula is C32H33ClFN5O12. The molecule has 19 heteroatoms. The van der Waals surface area contributed by atoms with Crippen molar-refractivity contribution in [2.75, 3.05) is 44.5 Å². The molecule has 2 heterocycles. The zero-order valence-electron chi connectivity index (χ0n) is 27.0. The fraction of sp³-hybridized carbons (Fsp3) is 0.219. The lowest BCUT2D eigenvalue weighted by molar-refractivity contribution is -0.833. The Morgan fingerprint density at radius 2 is 1.59 bits per heavy atom. The van der Waals surface area contributed by atoms with E-state index in [2.05, 4.69) is 20.6 Å². The number of benzene rings is 2. The van der Waals surface area contributed by atoms with Gasteiger partial charge >= 0.3 is 23.9 Å². The van der Waals surface area contributed by atoms with Crippen LogP contribution >= 0.6 is 11.6 Å². The standard InChI is InChI=1S/C24H25ClFN5O4.2C4H4O4/c1-31(2,33)8-3-4-23(32)30-21-11-17-20(12-22(21)35-16-7-9-34-13-16)27-14-28-24(17)29-15-5-6-19(26)18(25)10-15;2*5-3(6)1-2-4(7)8/h3-6,10-12,14,16H,7-9,13H2,1-2H3,(H,30,32)(H,27,28,29);2*1-2H,(H,5,6)(H,7,8)/b4-3+;2*2-1-/t16-;;/m0../s1. The molecule has 1 aliphatic rings. The van der Waals surface area contributed by atoms with Crippen LogP contribution in [-0.2, 0) is 28.7 Å². The van der Waals surface area contributed by atoms with Crippen molar-refractivity contribution in [1.82, 2.24) is 9.97 Å². The smallest absolute Gasteiger partial charge is 0.328 e. The van der Waals surface area contributed by atoms with Gasteiger partial charge < -0.3 is 50.4 Å². The highest BCUT2D eigenvalue weighted by Crippen LogP contribution is 2.35. The number of carbonyl (C=O) groups excluding carboxylic acids is 1. The van der Waals surface area contributed by atoms with Gasteiger partial charge in [0, 0.05) is 53.9 Å². The number of carboxylic acids is 4. The second kappa shape index (κ2) is 19.9. The number of likely N-dealkylation sites (N-methyl/N-ethyl adjacent to an activating group) is 1. The average Bonchev–Trinajstić information content (AvgIpc) is 3.54. The normalized spacial score (nSPS) is 14.0. The number of aromatic nitrogens is 2. The number of nitrogens with zero attached hydrogens (tertiary/aromatic N) is 3. The number of carbonyl (C=O) groups is 5. The van der Waals surface area contributed by atoms with Crippen LogP contribution in [0.3, 0.4) is 0 Å². The molecule has 1 saturated heterocycles. The molecule has 17 nitrogen and oxygen atoms in total. The highest BCUT2D eigenvalue weighted by atomic mass is 35.5. The van der Waals surface area contributed by atoms with Gasteiger partial charge in [-0.1, -0.05) is 11.6 Å². The number of halogens is 2. The third kappa shape index (κ3) is 16.3. The van der Waals surface area contributed by atoms with Gasteiger partial charge in [0.1, 0.15) is 29.8 Å². The molecule has 272 valence electrons. The van der Waals surface area contributed by atoms with Crippen molar-refractivity contribution in [2.45, 2.75) is 12.5 Å². The maximum Gasteiger partial charge on any atom is 0.328 e. The number of carboxylic acid groups (broad SMARTS) is 4. The molecule has 1 atom stereocenters. The van der Waals surface area contributed by atoms with Crippen LogP contribution in [0.2, 0.25) is 5.02 Å². The number of hydrogen-bond donors (Lipinski definition) is 6. The molecule has 0 aliphatic carbocycles. The Labute approximate surface area is 294 Å². The van der Waals surface area contributed by atoms with E-state index in [4.69, 9.17) is 41.5 Å². The summed E-state index contributed by atoms with van der Waals surface area (Å²) in [6.07, 6.45) is 7.02. The zero-order valence-corrected chi connectivity index (χ0v) is 27.7. The molecule has 51 heavy (non-hydrogen) atoms. The summed E-state index contributed by atoms with van der Waals surface area (Å²) < 4.78 is 24.5. The topological polar surface area (TPSA) is 258 Å². The van der Waals surface area contributed by atoms with Crippen LogP contribution < -0.4 is 15.4 Å². The second-order valence-electron chi connectivity index (χ2n) is 10.6. The lowest BCUT2D eigenvalue weighted by atomic mass is 10.1. The number of anilines is 3. The number of amides is 1. The molecule has 6 N–H and O–H groups in total. The van der Waals surface area contributed by atoms with Crippen LogP contribution in [0.1, 0.15) is 6.42 Å². The molecule has 0 spiro atoms. The number of hydroxylamine groups is 3. The Balaban J connectivity index is 0.000000468. The molecule has 0 saturated carbocycles. The number of rotatable bonds is 12. The van der Waals surface area contributed by atoms with Crippen LogP contribution in [0, 0.1) is 11.0 Å². The molecule has 1 fully saturated rings. The predicted octanol–water partition coefficient (Wildman–Crippen LogP) is 3.83. The van der Waals surface area contributed by atoms with E-state index in [-0.39, 0.29) is 17.7 Å². The minimum Gasteiger partial charge on any atom is -0.633 e. The van der Waals surface area contributed by atoms with E-state index in [1.807, 2.05) is 0 Å². The molecule has 3 aromatic rings. The Morgan fingerprint density at radius 1 is 0.980 bits per heavy atom. The van der Waals surface area contributed by atoms with Crippen molar-refractivity contribution in [3.8, 4) is 5.75 Å². The fourth-order valence-electron chi connectivity index (χ4n) is 3.75. The number of nitrogens with one attached hydrogen (secondary N) is 2. The van der Waals surface area contributed by atoms with E-state index in [0.29, 0.717) is 71.4 Å². The third-order valence-electron chi connectivity index (χ3n) is 5.91. The Hall–Kier alpha value is -5.95. The van der Waals surface area contributed by atoms with Gasteiger partial charge in [0.05, 0.1) is 50.1 Å². The van der Waals surface area contributed by atoms with E-state index in [1.54, 1.807) is 12.1 Å². The molecular weight excluding hydrogens is 701 g/mol. The van der Waals surface area contributed by atoms with E-state index in [1.165, 1.54) is 50.8 Å². The molecule has 1 aromatic heterocycles. The third-order valence-corrected chi connectivity index (χ3v) is 6.20. The second-order valence-corrected chi connectivity index (χ2v) is 11.0. The van der Waals surface area contributed by atoms with Crippen LogP contribution in [-0.4, -0.2) is 105 Å². The summed E-state index contributed by atoms with van der Waals surface area (Å²) in [6.45, 7) is 1.20. The molecule has 1 aliphatic heterocycles. The molecule has 1 amide bonds. The van der Waals surface area contributed by atoms with Crippen molar-refractivity contribution >= 4 is 69.5 Å². The summed E-state index contributed by atoms with van der Waals surface area (Å²) in [5, 5.41) is 49.5. The molecule has 0 unspecified atom stereocenters. The van der Waals surface area contributed by atoms with Gasteiger partial charge in [-0.25, -0.2) is 33.5 Å².